The molecule has 1 heterocycles. The highest BCUT2D eigenvalue weighted by atomic mass is 35.5. The third-order valence-corrected chi connectivity index (χ3v) is 2.75. The van der Waals surface area contributed by atoms with Crippen molar-refractivity contribution < 1.29 is 9.13 Å². The van der Waals surface area contributed by atoms with Crippen molar-refractivity contribution in [3.8, 4) is 11.6 Å². The highest BCUT2D eigenvalue weighted by molar-refractivity contribution is 6.32. The number of aromatic nitrogens is 2. The van der Waals surface area contributed by atoms with Crippen LogP contribution in [-0.2, 0) is 0 Å². The largest absolute Gasteiger partial charge is 0.437 e. The molecule has 88 valence electrons. The monoisotopic (exact) mass is 272 g/mol. The zero-order chi connectivity index (χ0) is 12.4. The van der Waals surface area contributed by atoms with E-state index in [0.29, 0.717) is 22.3 Å². The van der Waals surface area contributed by atoms with E-state index in [2.05, 4.69) is 9.97 Å². The average Bonchev–Trinajstić information content (AvgIpc) is 2.28. The Bertz CT molecular complexity index is 563. The minimum Gasteiger partial charge on any atom is -0.437 e. The lowest BCUT2D eigenvalue weighted by molar-refractivity contribution is 0.456. The van der Waals surface area contributed by atoms with Crippen LogP contribution in [0, 0.1) is 12.7 Å². The van der Waals surface area contributed by atoms with E-state index >= 15 is 0 Å². The van der Waals surface area contributed by atoms with Gasteiger partial charge in [-0.1, -0.05) is 23.2 Å². The van der Waals surface area contributed by atoms with Crippen LogP contribution in [0.3, 0.4) is 0 Å². The van der Waals surface area contributed by atoms with Gasteiger partial charge in [-0.3, -0.25) is 0 Å². The lowest BCUT2D eigenvalue weighted by Crippen LogP contribution is -1.94. The quantitative estimate of drug-likeness (QED) is 0.775. The molecule has 0 aliphatic heterocycles. The molecule has 3 nitrogen and oxygen atoms in total. The summed E-state index contributed by atoms with van der Waals surface area (Å²) in [5.41, 5.74) is 0.592. The first kappa shape index (κ1) is 12.1. The Morgan fingerprint density at radius 2 is 2.00 bits per heavy atom. The first-order valence-corrected chi connectivity index (χ1v) is 5.43. The number of ether oxygens (including phenoxy) is 1. The fraction of sp³-hybridized carbons (Fsp3) is 0.0909. The normalized spacial score (nSPS) is 10.4. The Balaban J connectivity index is 2.35. The van der Waals surface area contributed by atoms with E-state index in [1.807, 2.05) is 0 Å². The van der Waals surface area contributed by atoms with Gasteiger partial charge in [0.1, 0.15) is 23.0 Å². The second-order valence-electron chi connectivity index (χ2n) is 3.27. The second-order valence-corrected chi connectivity index (χ2v) is 4.04. The number of hydrogen-bond acceptors (Lipinski definition) is 3. The van der Waals surface area contributed by atoms with Gasteiger partial charge >= 0.3 is 0 Å². The lowest BCUT2D eigenvalue weighted by Gasteiger charge is -2.08. The van der Waals surface area contributed by atoms with Gasteiger partial charge in [0, 0.05) is 5.56 Å². The molecule has 17 heavy (non-hydrogen) atoms. The fourth-order valence-corrected chi connectivity index (χ4v) is 1.51. The van der Waals surface area contributed by atoms with E-state index in [0.717, 1.165) is 6.07 Å². The Morgan fingerprint density at radius 1 is 1.24 bits per heavy atom. The van der Waals surface area contributed by atoms with Crippen molar-refractivity contribution in [3.05, 3.63) is 46.1 Å². The molecule has 0 saturated heterocycles. The predicted molar refractivity (Wildman–Crippen MR) is 63.3 cm³/mol. The van der Waals surface area contributed by atoms with Crippen LogP contribution in [0.5, 0.6) is 11.6 Å². The Kier molecular flexibility index (Phi) is 3.45. The molecule has 0 bridgehead atoms. The molecule has 0 saturated carbocycles. The number of halogens is 3. The van der Waals surface area contributed by atoms with E-state index < -0.39 is 5.82 Å². The van der Waals surface area contributed by atoms with Crippen molar-refractivity contribution in [2.24, 2.45) is 0 Å². The van der Waals surface area contributed by atoms with Crippen LogP contribution in [0.1, 0.15) is 5.56 Å². The third kappa shape index (κ3) is 2.65. The summed E-state index contributed by atoms with van der Waals surface area (Å²) < 4.78 is 18.3. The Labute approximate surface area is 107 Å². The maximum atomic E-state index is 12.8. The maximum absolute atomic E-state index is 12.8. The van der Waals surface area contributed by atoms with E-state index in [1.165, 1.54) is 18.5 Å². The molecule has 0 amide bonds. The van der Waals surface area contributed by atoms with Gasteiger partial charge in [-0.2, -0.15) is 0 Å². The van der Waals surface area contributed by atoms with Crippen LogP contribution < -0.4 is 4.74 Å². The third-order valence-electron chi connectivity index (χ3n) is 2.08. The summed E-state index contributed by atoms with van der Waals surface area (Å²) in [6.45, 7) is 1.72. The summed E-state index contributed by atoms with van der Waals surface area (Å²) in [4.78, 5) is 7.73. The van der Waals surface area contributed by atoms with E-state index in [9.17, 15) is 4.39 Å². The smallest absolute Gasteiger partial charge is 0.226 e. The van der Waals surface area contributed by atoms with Crippen molar-refractivity contribution in [1.82, 2.24) is 9.97 Å². The molecule has 6 heteroatoms. The van der Waals surface area contributed by atoms with Gasteiger partial charge in [0.15, 0.2) is 0 Å². The van der Waals surface area contributed by atoms with E-state index in [1.54, 1.807) is 6.92 Å². The van der Waals surface area contributed by atoms with Crippen molar-refractivity contribution in [3.63, 3.8) is 0 Å². The molecule has 0 aliphatic carbocycles. The Morgan fingerprint density at radius 3 is 2.71 bits per heavy atom. The van der Waals surface area contributed by atoms with Crippen molar-refractivity contribution in [2.45, 2.75) is 6.92 Å². The molecule has 0 aliphatic rings. The summed E-state index contributed by atoms with van der Waals surface area (Å²) in [6.07, 6.45) is 1.28. The molecule has 0 spiro atoms. The molecule has 0 atom stereocenters. The summed E-state index contributed by atoms with van der Waals surface area (Å²) >= 11 is 11.7. The van der Waals surface area contributed by atoms with Crippen LogP contribution in [0.2, 0.25) is 10.2 Å². The standard InChI is InChI=1S/C11H7Cl2FN2O/c1-6-10(13)15-5-16-11(6)17-9-3-2-7(14)4-8(9)12/h2-5H,1H3. The van der Waals surface area contributed by atoms with Crippen LogP contribution in [0.15, 0.2) is 24.5 Å². The minimum atomic E-state index is -0.431. The zero-order valence-electron chi connectivity index (χ0n) is 8.75. The summed E-state index contributed by atoms with van der Waals surface area (Å²) in [7, 11) is 0. The number of rotatable bonds is 2. The Hall–Kier alpha value is -1.39. The fourth-order valence-electron chi connectivity index (χ4n) is 1.18. The van der Waals surface area contributed by atoms with Gasteiger partial charge < -0.3 is 4.74 Å². The first-order valence-electron chi connectivity index (χ1n) is 4.68. The van der Waals surface area contributed by atoms with Gasteiger partial charge in [-0.15, -0.1) is 0 Å². The molecular weight excluding hydrogens is 266 g/mol. The van der Waals surface area contributed by atoms with Gasteiger partial charge in [0.25, 0.3) is 0 Å². The number of hydrogen-bond donors (Lipinski definition) is 0. The second kappa shape index (κ2) is 4.85. The average molecular weight is 273 g/mol. The summed E-state index contributed by atoms with van der Waals surface area (Å²) in [5, 5.41) is 0.465. The van der Waals surface area contributed by atoms with Crippen LogP contribution >= 0.6 is 23.2 Å². The summed E-state index contributed by atoms with van der Waals surface area (Å²) in [5.74, 6) is 0.171. The van der Waals surface area contributed by atoms with Gasteiger partial charge in [-0.05, 0) is 25.1 Å². The molecule has 0 radical (unpaired) electrons. The minimum absolute atomic E-state index is 0.166. The number of nitrogens with zero attached hydrogens (tertiary/aromatic N) is 2. The van der Waals surface area contributed by atoms with Gasteiger partial charge in [0.2, 0.25) is 5.88 Å². The van der Waals surface area contributed by atoms with Gasteiger partial charge in [0.05, 0.1) is 5.02 Å². The topological polar surface area (TPSA) is 35.0 Å². The van der Waals surface area contributed by atoms with Crippen LogP contribution in [-0.4, -0.2) is 9.97 Å². The zero-order valence-corrected chi connectivity index (χ0v) is 10.3. The summed E-state index contributed by atoms with van der Waals surface area (Å²) in [6, 6.07) is 3.83. The molecule has 1 aromatic heterocycles. The molecule has 0 N–H and O–H groups in total. The predicted octanol–water partition coefficient (Wildman–Crippen LogP) is 4.02. The maximum Gasteiger partial charge on any atom is 0.226 e. The molecule has 0 fully saturated rings. The SMILES string of the molecule is Cc1c(Cl)ncnc1Oc1ccc(F)cc1Cl. The van der Waals surface area contributed by atoms with Crippen LogP contribution in [0.4, 0.5) is 4.39 Å². The highest BCUT2D eigenvalue weighted by Crippen LogP contribution is 2.31. The molecular formula is C11H7Cl2FN2O. The first-order chi connectivity index (χ1) is 8.08. The van der Waals surface area contributed by atoms with Gasteiger partial charge in [-0.25, -0.2) is 14.4 Å². The van der Waals surface area contributed by atoms with Crippen LogP contribution in [0.25, 0.3) is 0 Å². The number of benzene rings is 1. The van der Waals surface area contributed by atoms with E-state index in [4.69, 9.17) is 27.9 Å². The van der Waals surface area contributed by atoms with Crippen molar-refractivity contribution >= 4 is 23.2 Å². The van der Waals surface area contributed by atoms with E-state index in [-0.39, 0.29) is 5.02 Å². The molecule has 2 rings (SSSR count). The lowest BCUT2D eigenvalue weighted by atomic mass is 10.3. The molecule has 1 aromatic carbocycles. The van der Waals surface area contributed by atoms with Crippen molar-refractivity contribution in [2.75, 3.05) is 0 Å². The molecule has 0 unspecified atom stereocenters. The highest BCUT2D eigenvalue weighted by Gasteiger charge is 2.10. The van der Waals surface area contributed by atoms with Crippen molar-refractivity contribution in [1.29, 1.82) is 0 Å². The molecule has 2 aromatic rings.